The summed E-state index contributed by atoms with van der Waals surface area (Å²) in [6.07, 6.45) is 5.62. The smallest absolute Gasteiger partial charge is 0.116 e. The van der Waals surface area contributed by atoms with Crippen LogP contribution in [0.15, 0.2) is 30.5 Å². The normalized spacial score (nSPS) is 31.4. The maximum absolute atomic E-state index is 9.84. The molecule has 3 unspecified atom stereocenters. The molecule has 3 N–H and O–H groups in total. The van der Waals surface area contributed by atoms with Crippen molar-refractivity contribution in [1.82, 2.24) is 9.88 Å². The minimum atomic E-state index is -0.0251. The van der Waals surface area contributed by atoms with Crippen LogP contribution in [0.3, 0.4) is 0 Å². The molecule has 0 saturated carbocycles. The SMILES string of the molecule is CCC1CN2CCC1C[C@@H]2[C@H](N)c1ccnc2ccc(O)cc12. The lowest BCUT2D eigenvalue weighted by Gasteiger charge is -2.51. The van der Waals surface area contributed by atoms with E-state index in [4.69, 9.17) is 5.73 Å². The molecule has 3 fully saturated rings. The minimum Gasteiger partial charge on any atom is -0.508 e. The molecule has 0 amide bonds. The molecular weight excluding hydrogens is 286 g/mol. The molecule has 122 valence electrons. The van der Waals surface area contributed by atoms with E-state index < -0.39 is 0 Å². The average molecular weight is 311 g/mol. The minimum absolute atomic E-state index is 0.0251. The van der Waals surface area contributed by atoms with Crippen molar-refractivity contribution < 1.29 is 5.11 Å². The number of nitrogens with zero attached hydrogens (tertiary/aromatic N) is 2. The molecule has 1 aromatic carbocycles. The highest BCUT2D eigenvalue weighted by Gasteiger charge is 2.41. The molecule has 5 rings (SSSR count). The van der Waals surface area contributed by atoms with E-state index in [0.717, 1.165) is 28.3 Å². The lowest BCUT2D eigenvalue weighted by Crippen LogP contribution is -2.56. The van der Waals surface area contributed by atoms with Gasteiger partial charge < -0.3 is 10.8 Å². The Kier molecular flexibility index (Phi) is 3.74. The number of aromatic nitrogens is 1. The maximum Gasteiger partial charge on any atom is 0.116 e. The number of phenols is 1. The standard InChI is InChI=1S/C19H25N3O/c1-2-12-11-22-8-6-13(12)9-18(22)19(20)15-5-7-21-17-4-3-14(23)10-16(15)17/h3-5,7,10,12-13,18-19,23H,2,6,8-9,11,20H2,1H3/t12?,13?,18-,19-/m1/s1. The molecule has 1 aromatic heterocycles. The van der Waals surface area contributed by atoms with Crippen LogP contribution in [0.5, 0.6) is 5.75 Å². The Bertz CT molecular complexity index is 717. The summed E-state index contributed by atoms with van der Waals surface area (Å²) in [7, 11) is 0. The molecule has 5 atom stereocenters. The summed E-state index contributed by atoms with van der Waals surface area (Å²) in [5.41, 5.74) is 8.72. The van der Waals surface area contributed by atoms with E-state index in [0.29, 0.717) is 6.04 Å². The van der Waals surface area contributed by atoms with Crippen molar-refractivity contribution in [2.24, 2.45) is 17.6 Å². The van der Waals surface area contributed by atoms with Crippen molar-refractivity contribution in [2.45, 2.75) is 38.3 Å². The fourth-order valence-electron chi connectivity index (χ4n) is 4.67. The van der Waals surface area contributed by atoms with Gasteiger partial charge in [0.15, 0.2) is 0 Å². The first-order chi connectivity index (χ1) is 11.2. The lowest BCUT2D eigenvalue weighted by atomic mass is 9.72. The summed E-state index contributed by atoms with van der Waals surface area (Å²) in [5.74, 6) is 1.93. The van der Waals surface area contributed by atoms with Crippen molar-refractivity contribution in [3.05, 3.63) is 36.0 Å². The number of rotatable bonds is 3. The van der Waals surface area contributed by atoms with Crippen LogP contribution in [-0.2, 0) is 0 Å². The van der Waals surface area contributed by atoms with E-state index in [1.807, 2.05) is 18.3 Å². The molecule has 3 aliphatic rings. The number of pyridine rings is 1. The highest BCUT2D eigenvalue weighted by molar-refractivity contribution is 5.83. The van der Waals surface area contributed by atoms with Crippen molar-refractivity contribution in [3.63, 3.8) is 0 Å². The fourth-order valence-corrected chi connectivity index (χ4v) is 4.67. The quantitative estimate of drug-likeness (QED) is 0.914. The van der Waals surface area contributed by atoms with Crippen molar-refractivity contribution in [1.29, 1.82) is 0 Å². The van der Waals surface area contributed by atoms with Crippen LogP contribution in [0.25, 0.3) is 10.9 Å². The van der Waals surface area contributed by atoms with Gasteiger partial charge in [-0.2, -0.15) is 0 Å². The third kappa shape index (κ3) is 2.50. The predicted molar refractivity (Wildman–Crippen MR) is 92.2 cm³/mol. The summed E-state index contributed by atoms with van der Waals surface area (Å²) >= 11 is 0. The number of fused-ring (bicyclic) bond motifs is 4. The third-order valence-corrected chi connectivity index (χ3v) is 5.99. The van der Waals surface area contributed by atoms with Gasteiger partial charge in [-0.05, 0) is 61.1 Å². The third-order valence-electron chi connectivity index (χ3n) is 5.99. The molecule has 3 saturated heterocycles. The van der Waals surface area contributed by atoms with Gasteiger partial charge in [-0.3, -0.25) is 9.88 Å². The van der Waals surface area contributed by atoms with E-state index in [1.54, 1.807) is 12.1 Å². The Hall–Kier alpha value is -1.65. The van der Waals surface area contributed by atoms with Gasteiger partial charge in [0, 0.05) is 30.2 Å². The van der Waals surface area contributed by atoms with Gasteiger partial charge >= 0.3 is 0 Å². The van der Waals surface area contributed by atoms with Crippen molar-refractivity contribution >= 4 is 10.9 Å². The van der Waals surface area contributed by atoms with E-state index in [-0.39, 0.29) is 11.8 Å². The number of aromatic hydroxyl groups is 1. The summed E-state index contributed by atoms with van der Waals surface area (Å²) < 4.78 is 0. The van der Waals surface area contributed by atoms with Crippen LogP contribution in [0.1, 0.15) is 37.8 Å². The first-order valence-corrected chi connectivity index (χ1v) is 8.74. The first-order valence-electron chi connectivity index (χ1n) is 8.74. The molecular formula is C19H25N3O. The van der Waals surface area contributed by atoms with Gasteiger partial charge in [0.05, 0.1) is 5.52 Å². The Balaban J connectivity index is 1.68. The molecule has 4 nitrogen and oxygen atoms in total. The van der Waals surface area contributed by atoms with Crippen LogP contribution in [0.4, 0.5) is 0 Å². The molecule has 0 aliphatic carbocycles. The van der Waals surface area contributed by atoms with Gasteiger partial charge in [0.1, 0.15) is 5.75 Å². The highest BCUT2D eigenvalue weighted by Crippen LogP contribution is 2.42. The average Bonchev–Trinajstić information content (AvgIpc) is 2.60. The molecule has 2 aromatic rings. The van der Waals surface area contributed by atoms with Crippen molar-refractivity contribution in [2.75, 3.05) is 13.1 Å². The number of benzene rings is 1. The highest BCUT2D eigenvalue weighted by atomic mass is 16.3. The van der Waals surface area contributed by atoms with E-state index >= 15 is 0 Å². The van der Waals surface area contributed by atoms with Crippen molar-refractivity contribution in [3.8, 4) is 5.75 Å². The molecule has 3 aliphatic heterocycles. The van der Waals surface area contributed by atoms with Gasteiger partial charge in [0.25, 0.3) is 0 Å². The Morgan fingerprint density at radius 2 is 2.26 bits per heavy atom. The predicted octanol–water partition coefficient (Wildman–Crippen LogP) is 3.06. The summed E-state index contributed by atoms with van der Waals surface area (Å²) in [4.78, 5) is 6.99. The maximum atomic E-state index is 9.84. The van der Waals surface area contributed by atoms with Gasteiger partial charge in [-0.15, -0.1) is 0 Å². The summed E-state index contributed by atoms with van der Waals surface area (Å²) in [6, 6.07) is 7.74. The summed E-state index contributed by atoms with van der Waals surface area (Å²) in [6.45, 7) is 4.67. The second-order valence-corrected chi connectivity index (χ2v) is 7.14. The largest absolute Gasteiger partial charge is 0.508 e. The molecule has 4 heteroatoms. The number of hydrogen-bond acceptors (Lipinski definition) is 4. The topological polar surface area (TPSA) is 62.4 Å². The number of nitrogens with two attached hydrogens (primary N) is 1. The molecule has 2 bridgehead atoms. The number of piperidine rings is 3. The van der Waals surface area contributed by atoms with E-state index in [1.165, 1.54) is 32.4 Å². The van der Waals surface area contributed by atoms with Gasteiger partial charge in [-0.1, -0.05) is 13.3 Å². The fraction of sp³-hybridized carbons (Fsp3) is 0.526. The van der Waals surface area contributed by atoms with Gasteiger partial charge in [-0.25, -0.2) is 0 Å². The van der Waals surface area contributed by atoms with Crippen LogP contribution in [-0.4, -0.2) is 34.1 Å². The second kappa shape index (κ2) is 5.77. The Labute approximate surface area is 137 Å². The first kappa shape index (κ1) is 14.9. The van der Waals surface area contributed by atoms with E-state index in [9.17, 15) is 5.11 Å². The molecule has 4 heterocycles. The van der Waals surface area contributed by atoms with E-state index in [2.05, 4.69) is 16.8 Å². The number of hydrogen-bond donors (Lipinski definition) is 2. The Morgan fingerprint density at radius 1 is 1.39 bits per heavy atom. The zero-order chi connectivity index (χ0) is 16.0. The second-order valence-electron chi connectivity index (χ2n) is 7.14. The molecule has 0 spiro atoms. The zero-order valence-electron chi connectivity index (χ0n) is 13.7. The van der Waals surface area contributed by atoms with Crippen LogP contribution < -0.4 is 5.73 Å². The van der Waals surface area contributed by atoms with Crippen LogP contribution in [0, 0.1) is 11.8 Å². The molecule has 23 heavy (non-hydrogen) atoms. The van der Waals surface area contributed by atoms with Gasteiger partial charge in [0.2, 0.25) is 0 Å². The van der Waals surface area contributed by atoms with Crippen LogP contribution in [0.2, 0.25) is 0 Å². The monoisotopic (exact) mass is 311 g/mol. The summed E-state index contributed by atoms with van der Waals surface area (Å²) in [5, 5.41) is 10.8. The van der Waals surface area contributed by atoms with Crippen LogP contribution >= 0.6 is 0 Å². The molecule has 0 radical (unpaired) electrons. The Morgan fingerprint density at radius 3 is 3.00 bits per heavy atom. The zero-order valence-corrected chi connectivity index (χ0v) is 13.7. The number of phenolic OH excluding ortho intramolecular Hbond substituents is 1. The lowest BCUT2D eigenvalue weighted by molar-refractivity contribution is -0.0105.